The van der Waals surface area contributed by atoms with E-state index < -0.39 is 0 Å². The molecule has 0 spiro atoms. The molecule has 1 fully saturated rings. The summed E-state index contributed by atoms with van der Waals surface area (Å²) in [6, 6.07) is 10.1. The highest BCUT2D eigenvalue weighted by Crippen LogP contribution is 2.31. The number of aromatic nitrogens is 3. The van der Waals surface area contributed by atoms with Crippen molar-refractivity contribution in [3.8, 4) is 0 Å². The van der Waals surface area contributed by atoms with Crippen LogP contribution in [0, 0.1) is 6.92 Å². The Hall–Kier alpha value is -2.09. The molecule has 1 saturated heterocycles. The quantitative estimate of drug-likeness (QED) is 0.578. The zero-order valence-electron chi connectivity index (χ0n) is 15.1. The summed E-state index contributed by atoms with van der Waals surface area (Å²) in [5.74, 6) is 0.562. The molecule has 1 aliphatic rings. The van der Waals surface area contributed by atoms with Gasteiger partial charge < -0.3 is 4.90 Å². The highest BCUT2D eigenvalue weighted by Gasteiger charge is 2.26. The van der Waals surface area contributed by atoms with E-state index in [4.69, 9.17) is 9.97 Å². The summed E-state index contributed by atoms with van der Waals surface area (Å²) in [5.41, 5.74) is 3.03. The Labute approximate surface area is 164 Å². The number of nitrogens with one attached hydrogen (secondary N) is 1. The zero-order valence-corrected chi connectivity index (χ0v) is 16.8. The molecule has 27 heavy (non-hydrogen) atoms. The van der Waals surface area contributed by atoms with Crippen molar-refractivity contribution in [1.82, 2.24) is 14.4 Å². The van der Waals surface area contributed by atoms with Crippen LogP contribution in [0.1, 0.15) is 35.2 Å². The van der Waals surface area contributed by atoms with Crippen molar-refractivity contribution >= 4 is 37.9 Å². The van der Waals surface area contributed by atoms with Crippen molar-refractivity contribution in [3.05, 3.63) is 62.5 Å². The Morgan fingerprint density at radius 3 is 2.85 bits per heavy atom. The van der Waals surface area contributed by atoms with Crippen molar-refractivity contribution in [1.29, 1.82) is 0 Å². The number of rotatable bonds is 3. The van der Waals surface area contributed by atoms with Gasteiger partial charge in [0.25, 0.3) is 5.56 Å². The van der Waals surface area contributed by atoms with Crippen LogP contribution in [0.5, 0.6) is 0 Å². The molecule has 0 radical (unpaired) electrons. The lowest BCUT2D eigenvalue weighted by Gasteiger charge is -2.28. The second-order valence-electron chi connectivity index (χ2n) is 7.30. The first kappa shape index (κ1) is 17.0. The largest absolute Gasteiger partial charge is 0.330 e. The van der Waals surface area contributed by atoms with Gasteiger partial charge in [0, 0.05) is 35.9 Å². The van der Waals surface area contributed by atoms with Gasteiger partial charge in [-0.15, -0.1) is 22.7 Å². The molecule has 0 unspecified atom stereocenters. The number of nitrogens with zero attached hydrogens (tertiary/aromatic N) is 3. The lowest BCUT2D eigenvalue weighted by atomic mass is 9.97. The van der Waals surface area contributed by atoms with Crippen LogP contribution in [-0.2, 0) is 6.54 Å². The Balaban J connectivity index is 1.28. The van der Waals surface area contributed by atoms with Gasteiger partial charge in [0.2, 0.25) is 0 Å². The van der Waals surface area contributed by atoms with Crippen LogP contribution < -0.4 is 10.5 Å². The molecular weight excluding hydrogens is 376 g/mol. The molecule has 7 heteroatoms. The molecule has 1 N–H and O–H groups in total. The number of fused-ring (bicyclic) bond motifs is 2. The van der Waals surface area contributed by atoms with Crippen LogP contribution in [0.15, 0.2) is 40.5 Å². The number of hydrogen-bond acceptors (Lipinski definition) is 5. The lowest BCUT2D eigenvalue weighted by molar-refractivity contribution is -0.919. The summed E-state index contributed by atoms with van der Waals surface area (Å²) < 4.78 is 2.98. The van der Waals surface area contributed by atoms with E-state index in [9.17, 15) is 4.79 Å². The number of piperidine rings is 1. The summed E-state index contributed by atoms with van der Waals surface area (Å²) in [7, 11) is 0. The first-order valence-electron chi connectivity index (χ1n) is 9.33. The summed E-state index contributed by atoms with van der Waals surface area (Å²) in [5, 5.41) is 3.27. The van der Waals surface area contributed by atoms with Crippen LogP contribution in [0.25, 0.3) is 15.2 Å². The number of likely N-dealkylation sites (tertiary alicyclic amines) is 1. The van der Waals surface area contributed by atoms with Crippen LogP contribution >= 0.6 is 22.7 Å². The highest BCUT2D eigenvalue weighted by molar-refractivity contribution is 7.18. The summed E-state index contributed by atoms with van der Waals surface area (Å²) in [6.45, 7) is 4.98. The minimum atomic E-state index is 0.0394. The molecule has 1 aromatic carbocycles. The maximum absolute atomic E-state index is 12.4. The van der Waals surface area contributed by atoms with E-state index in [0.717, 1.165) is 54.3 Å². The molecule has 0 aliphatic carbocycles. The highest BCUT2D eigenvalue weighted by atomic mass is 32.1. The fraction of sp³-hybridized carbons (Fsp3) is 0.350. The summed E-state index contributed by atoms with van der Waals surface area (Å²) in [6.07, 6.45) is 2.29. The van der Waals surface area contributed by atoms with E-state index >= 15 is 0 Å². The SMILES string of the molecule is Cc1csc2nc(C[NH+]3CCC(c4nc5ccccc5s4)CC3)cc(=O)n12. The molecule has 0 amide bonds. The van der Waals surface area contributed by atoms with E-state index in [0.29, 0.717) is 5.92 Å². The normalized spacial score (nSPS) is 20.5. The van der Waals surface area contributed by atoms with E-state index in [-0.39, 0.29) is 5.56 Å². The van der Waals surface area contributed by atoms with Gasteiger partial charge in [0.05, 0.1) is 28.3 Å². The first-order valence-corrected chi connectivity index (χ1v) is 11.0. The van der Waals surface area contributed by atoms with Gasteiger partial charge >= 0.3 is 0 Å². The number of benzene rings is 1. The standard InChI is InChI=1S/C20H20N4OS2/c1-13-12-26-20-21-15(10-18(25)24(13)20)11-23-8-6-14(7-9-23)19-22-16-4-2-3-5-17(16)27-19/h2-5,10,12,14H,6-9,11H2,1H3/p+1. The van der Waals surface area contributed by atoms with Gasteiger partial charge in [-0.3, -0.25) is 9.20 Å². The predicted octanol–water partition coefficient (Wildman–Crippen LogP) is 2.64. The molecule has 4 heterocycles. The average Bonchev–Trinajstić information content (AvgIpc) is 3.26. The summed E-state index contributed by atoms with van der Waals surface area (Å²) >= 11 is 3.38. The third-order valence-electron chi connectivity index (χ3n) is 5.41. The number of quaternary nitrogens is 1. The van der Waals surface area contributed by atoms with E-state index in [1.807, 2.05) is 23.6 Å². The van der Waals surface area contributed by atoms with Gasteiger partial charge in [0.1, 0.15) is 12.2 Å². The van der Waals surface area contributed by atoms with Gasteiger partial charge in [-0.1, -0.05) is 12.1 Å². The fourth-order valence-corrected chi connectivity index (χ4v) is 5.99. The second-order valence-corrected chi connectivity index (χ2v) is 9.20. The lowest BCUT2D eigenvalue weighted by Crippen LogP contribution is -3.11. The average molecular weight is 398 g/mol. The molecule has 5 nitrogen and oxygen atoms in total. The minimum absolute atomic E-state index is 0.0394. The third kappa shape index (κ3) is 3.20. The molecule has 0 saturated carbocycles. The van der Waals surface area contributed by atoms with E-state index in [1.165, 1.54) is 25.9 Å². The van der Waals surface area contributed by atoms with E-state index in [1.54, 1.807) is 10.5 Å². The van der Waals surface area contributed by atoms with Crippen LogP contribution in [0.4, 0.5) is 0 Å². The fourth-order valence-electron chi connectivity index (χ4n) is 3.96. The number of aryl methyl sites for hydroxylation is 1. The molecule has 1 aliphatic heterocycles. The maximum Gasteiger partial charge on any atom is 0.259 e. The second kappa shape index (κ2) is 6.82. The summed E-state index contributed by atoms with van der Waals surface area (Å²) in [4.78, 5) is 24.2. The van der Waals surface area contributed by atoms with Crippen molar-refractivity contribution in [2.24, 2.45) is 0 Å². The Bertz CT molecular complexity index is 1130. The van der Waals surface area contributed by atoms with Crippen molar-refractivity contribution < 1.29 is 4.90 Å². The number of thiazole rings is 2. The van der Waals surface area contributed by atoms with Gasteiger partial charge in [-0.2, -0.15) is 0 Å². The number of para-hydroxylation sites is 1. The molecule has 0 atom stereocenters. The molecule has 0 bridgehead atoms. The molecule has 4 aromatic rings. The molecular formula is C20H21N4OS2+. The van der Waals surface area contributed by atoms with Crippen molar-refractivity contribution in [2.75, 3.05) is 13.1 Å². The van der Waals surface area contributed by atoms with Crippen molar-refractivity contribution in [3.63, 3.8) is 0 Å². The molecule has 3 aromatic heterocycles. The molecule has 5 rings (SSSR count). The van der Waals surface area contributed by atoms with Gasteiger partial charge in [-0.05, 0) is 19.1 Å². The van der Waals surface area contributed by atoms with Gasteiger partial charge in [0.15, 0.2) is 4.96 Å². The van der Waals surface area contributed by atoms with Crippen LogP contribution in [-0.4, -0.2) is 27.5 Å². The zero-order chi connectivity index (χ0) is 18.4. The monoisotopic (exact) mass is 397 g/mol. The number of hydrogen-bond donors (Lipinski definition) is 1. The molecule has 138 valence electrons. The van der Waals surface area contributed by atoms with Crippen LogP contribution in [0.3, 0.4) is 0 Å². The van der Waals surface area contributed by atoms with Crippen molar-refractivity contribution in [2.45, 2.75) is 32.2 Å². The Morgan fingerprint density at radius 2 is 2.04 bits per heavy atom. The first-order chi connectivity index (χ1) is 13.2. The Morgan fingerprint density at radius 1 is 1.22 bits per heavy atom. The van der Waals surface area contributed by atoms with Crippen LogP contribution in [0.2, 0.25) is 0 Å². The smallest absolute Gasteiger partial charge is 0.259 e. The third-order valence-corrected chi connectivity index (χ3v) is 7.55. The van der Waals surface area contributed by atoms with E-state index in [2.05, 4.69) is 24.3 Å². The maximum atomic E-state index is 12.4. The topological polar surface area (TPSA) is 51.7 Å². The van der Waals surface area contributed by atoms with Gasteiger partial charge in [-0.25, -0.2) is 9.97 Å². The minimum Gasteiger partial charge on any atom is -0.330 e. The predicted molar refractivity (Wildman–Crippen MR) is 110 cm³/mol. The Kier molecular flexibility index (Phi) is 4.30.